The molecule has 2 rings (SSSR count). The summed E-state index contributed by atoms with van der Waals surface area (Å²) in [6, 6.07) is 1.50. The quantitative estimate of drug-likeness (QED) is 0.718. The Hall–Kier alpha value is -2.38. The van der Waals surface area contributed by atoms with Crippen molar-refractivity contribution in [2.24, 2.45) is 5.92 Å². The van der Waals surface area contributed by atoms with Crippen LogP contribution in [-0.2, 0) is 14.3 Å². The van der Waals surface area contributed by atoms with Crippen LogP contribution in [0, 0.1) is 5.92 Å². The number of ether oxygens (including phenoxy) is 3. The van der Waals surface area contributed by atoms with E-state index in [2.05, 4.69) is 14.7 Å². The topological polar surface area (TPSA) is 90.9 Å². The van der Waals surface area contributed by atoms with E-state index >= 15 is 0 Å². The lowest BCUT2D eigenvalue weighted by atomic mass is 10.1. The van der Waals surface area contributed by atoms with Gasteiger partial charge in [-0.3, -0.25) is 14.5 Å². The monoisotopic (exact) mass is 281 g/mol. The number of rotatable bonds is 4. The molecule has 0 saturated carbocycles. The van der Waals surface area contributed by atoms with E-state index in [-0.39, 0.29) is 36.6 Å². The zero-order valence-corrected chi connectivity index (χ0v) is 11.5. The highest BCUT2D eigenvalue weighted by Crippen LogP contribution is 2.26. The van der Waals surface area contributed by atoms with E-state index in [1.165, 1.54) is 32.3 Å². The van der Waals surface area contributed by atoms with Gasteiger partial charge < -0.3 is 14.2 Å². The van der Waals surface area contributed by atoms with Gasteiger partial charge in [0.05, 0.1) is 33.3 Å². The average Bonchev–Trinajstić information content (AvgIpc) is 2.87. The predicted octanol–water partition coefficient (Wildman–Crippen LogP) is 0.0197. The first-order valence-corrected chi connectivity index (χ1v) is 5.94. The molecule has 1 aliphatic heterocycles. The highest BCUT2D eigenvalue weighted by molar-refractivity contribution is 5.98. The van der Waals surface area contributed by atoms with Gasteiger partial charge in [-0.05, 0) is 0 Å². The normalized spacial score (nSPS) is 18.1. The van der Waals surface area contributed by atoms with Crippen molar-refractivity contribution in [3.05, 3.63) is 6.07 Å². The van der Waals surface area contributed by atoms with Crippen LogP contribution in [0.4, 0.5) is 5.95 Å². The number of carbonyl (C=O) groups excluding carboxylic acids is 2. The zero-order valence-electron chi connectivity index (χ0n) is 11.5. The van der Waals surface area contributed by atoms with Gasteiger partial charge in [-0.25, -0.2) is 0 Å². The molecular formula is C12H15N3O5. The summed E-state index contributed by atoms with van der Waals surface area (Å²) in [5, 5.41) is 0. The SMILES string of the molecule is COC(=O)C1CC(=O)N(c2nc(OC)cc(OC)n2)C1. The highest BCUT2D eigenvalue weighted by atomic mass is 16.5. The Bertz CT molecular complexity index is 512. The van der Waals surface area contributed by atoms with Crippen molar-refractivity contribution in [3.63, 3.8) is 0 Å². The summed E-state index contributed by atoms with van der Waals surface area (Å²) >= 11 is 0. The molecule has 0 radical (unpaired) electrons. The maximum Gasteiger partial charge on any atom is 0.311 e. The molecule has 0 spiro atoms. The second-order valence-electron chi connectivity index (χ2n) is 4.18. The molecule has 1 fully saturated rings. The summed E-state index contributed by atoms with van der Waals surface area (Å²) in [6.45, 7) is 0.182. The van der Waals surface area contributed by atoms with E-state index in [9.17, 15) is 9.59 Å². The molecule has 1 amide bonds. The Morgan fingerprint density at radius 2 is 1.85 bits per heavy atom. The smallest absolute Gasteiger partial charge is 0.311 e. The molecule has 1 aromatic rings. The summed E-state index contributed by atoms with van der Waals surface area (Å²) in [4.78, 5) is 33.0. The van der Waals surface area contributed by atoms with Crippen LogP contribution < -0.4 is 14.4 Å². The van der Waals surface area contributed by atoms with Crippen molar-refractivity contribution < 1.29 is 23.8 Å². The molecule has 0 aromatic carbocycles. The van der Waals surface area contributed by atoms with Gasteiger partial charge in [0.1, 0.15) is 0 Å². The Morgan fingerprint density at radius 1 is 1.25 bits per heavy atom. The largest absolute Gasteiger partial charge is 0.481 e. The lowest BCUT2D eigenvalue weighted by Crippen LogP contribution is -2.28. The minimum Gasteiger partial charge on any atom is -0.481 e. The van der Waals surface area contributed by atoms with Crippen LogP contribution in [0.25, 0.3) is 0 Å². The number of hydrogen-bond donors (Lipinski definition) is 0. The summed E-state index contributed by atoms with van der Waals surface area (Å²) in [5.74, 6) is -0.459. The second kappa shape index (κ2) is 5.72. The van der Waals surface area contributed by atoms with E-state index in [4.69, 9.17) is 9.47 Å². The molecule has 1 aromatic heterocycles. The molecule has 8 heteroatoms. The molecule has 1 atom stereocenters. The maximum absolute atomic E-state index is 12.0. The summed E-state index contributed by atoms with van der Waals surface area (Å²) in [7, 11) is 4.20. The first-order chi connectivity index (χ1) is 9.58. The number of methoxy groups -OCH3 is 3. The first-order valence-electron chi connectivity index (χ1n) is 5.94. The van der Waals surface area contributed by atoms with Crippen LogP contribution in [0.15, 0.2) is 6.07 Å². The number of amides is 1. The number of anilines is 1. The lowest BCUT2D eigenvalue weighted by Gasteiger charge is -2.15. The van der Waals surface area contributed by atoms with Gasteiger partial charge in [-0.1, -0.05) is 0 Å². The van der Waals surface area contributed by atoms with Crippen LogP contribution in [0.5, 0.6) is 11.8 Å². The molecule has 8 nitrogen and oxygen atoms in total. The molecule has 20 heavy (non-hydrogen) atoms. The van der Waals surface area contributed by atoms with Crippen molar-refractivity contribution in [1.82, 2.24) is 9.97 Å². The fourth-order valence-electron chi connectivity index (χ4n) is 1.95. The zero-order chi connectivity index (χ0) is 14.7. The van der Waals surface area contributed by atoms with Gasteiger partial charge in [-0.2, -0.15) is 9.97 Å². The van der Waals surface area contributed by atoms with Gasteiger partial charge in [0, 0.05) is 13.0 Å². The van der Waals surface area contributed by atoms with Crippen LogP contribution in [0.1, 0.15) is 6.42 Å². The fourth-order valence-corrected chi connectivity index (χ4v) is 1.95. The predicted molar refractivity (Wildman–Crippen MR) is 67.6 cm³/mol. The van der Waals surface area contributed by atoms with E-state index in [0.717, 1.165) is 0 Å². The van der Waals surface area contributed by atoms with Crippen LogP contribution in [0.3, 0.4) is 0 Å². The Labute approximate surface area is 115 Å². The van der Waals surface area contributed by atoms with Crippen molar-refractivity contribution in [1.29, 1.82) is 0 Å². The van der Waals surface area contributed by atoms with Crippen LogP contribution in [0.2, 0.25) is 0 Å². The second-order valence-corrected chi connectivity index (χ2v) is 4.18. The van der Waals surface area contributed by atoms with E-state index < -0.39 is 11.9 Å². The third-order valence-electron chi connectivity index (χ3n) is 2.99. The average molecular weight is 281 g/mol. The Morgan fingerprint density at radius 3 is 2.35 bits per heavy atom. The molecule has 108 valence electrons. The number of hydrogen-bond acceptors (Lipinski definition) is 7. The minimum atomic E-state index is -0.506. The van der Waals surface area contributed by atoms with E-state index in [1.54, 1.807) is 0 Å². The number of carbonyl (C=O) groups is 2. The number of esters is 1. The molecule has 0 N–H and O–H groups in total. The standard InChI is InChI=1S/C12H15N3O5/c1-18-8-5-9(19-2)14-12(13-8)15-6-7(4-10(15)16)11(17)20-3/h5,7H,4,6H2,1-3H3. The van der Waals surface area contributed by atoms with Crippen molar-refractivity contribution in [2.75, 3.05) is 32.8 Å². The van der Waals surface area contributed by atoms with Gasteiger partial charge in [-0.15, -0.1) is 0 Å². The minimum absolute atomic E-state index is 0.0789. The van der Waals surface area contributed by atoms with Crippen molar-refractivity contribution in [2.45, 2.75) is 6.42 Å². The molecule has 1 unspecified atom stereocenters. The van der Waals surface area contributed by atoms with Gasteiger partial charge in [0.2, 0.25) is 23.6 Å². The van der Waals surface area contributed by atoms with E-state index in [1.807, 2.05) is 0 Å². The Balaban J connectivity index is 2.27. The molecule has 2 heterocycles. The summed E-state index contributed by atoms with van der Waals surface area (Å²) in [6.07, 6.45) is 0.0789. The molecule has 0 bridgehead atoms. The van der Waals surface area contributed by atoms with Crippen LogP contribution in [-0.4, -0.2) is 49.7 Å². The van der Waals surface area contributed by atoms with Crippen LogP contribution >= 0.6 is 0 Å². The molecule has 1 aliphatic rings. The van der Waals surface area contributed by atoms with Gasteiger partial charge in [0.25, 0.3) is 0 Å². The van der Waals surface area contributed by atoms with Gasteiger partial charge in [0.15, 0.2) is 0 Å². The fraction of sp³-hybridized carbons (Fsp3) is 0.500. The van der Waals surface area contributed by atoms with E-state index in [0.29, 0.717) is 0 Å². The molecular weight excluding hydrogens is 266 g/mol. The van der Waals surface area contributed by atoms with Gasteiger partial charge >= 0.3 is 5.97 Å². The molecule has 1 saturated heterocycles. The molecule has 0 aliphatic carbocycles. The first kappa shape index (κ1) is 14.0. The third-order valence-corrected chi connectivity index (χ3v) is 2.99. The Kier molecular flexibility index (Phi) is 4.02. The lowest BCUT2D eigenvalue weighted by molar-refractivity contribution is -0.145. The summed E-state index contributed by atoms with van der Waals surface area (Å²) < 4.78 is 14.7. The summed E-state index contributed by atoms with van der Waals surface area (Å²) in [5.41, 5.74) is 0. The highest BCUT2D eigenvalue weighted by Gasteiger charge is 2.37. The van der Waals surface area contributed by atoms with Crippen molar-refractivity contribution in [3.8, 4) is 11.8 Å². The van der Waals surface area contributed by atoms with Crippen molar-refractivity contribution >= 4 is 17.8 Å². The number of aromatic nitrogens is 2. The third kappa shape index (κ3) is 2.63. The number of nitrogens with zero attached hydrogens (tertiary/aromatic N) is 3. The maximum atomic E-state index is 12.0.